The largest absolute Gasteiger partial charge is 0.288 e. The molecule has 1 nitrogen and oxygen atoms in total. The zero-order valence-electron chi connectivity index (χ0n) is 14.0. The van der Waals surface area contributed by atoms with Gasteiger partial charge in [0.15, 0.2) is 0 Å². The van der Waals surface area contributed by atoms with Gasteiger partial charge >= 0.3 is 0 Å². The van der Waals surface area contributed by atoms with Crippen LogP contribution in [0.4, 0.5) is 4.39 Å². The summed E-state index contributed by atoms with van der Waals surface area (Å²) in [5, 5.41) is 0. The summed E-state index contributed by atoms with van der Waals surface area (Å²) in [6.07, 6.45) is 1.11. The Hall–Kier alpha value is -1.48. The van der Waals surface area contributed by atoms with Gasteiger partial charge in [0.25, 0.3) is 0 Å². The molecular weight excluding hydrogens is 341 g/mol. The molecule has 2 aromatic carbocycles. The highest BCUT2D eigenvalue weighted by atomic mass is 79.9. The lowest BCUT2D eigenvalue weighted by Crippen LogP contribution is -2.29. The Kier molecular flexibility index (Phi) is 3.61. The molecule has 1 aliphatic rings. The van der Waals surface area contributed by atoms with E-state index in [-0.39, 0.29) is 17.3 Å². The standard InChI is InChI=1S/C19H19BrFN/c1-19(2,3)17-10-14-9-12(7-8-13(14)11-22-17)15-5-4-6-16(20)18(15)21/h4-9,11,17H,10H2,1-3H3/i11D. The maximum absolute atomic E-state index is 14.4. The lowest BCUT2D eigenvalue weighted by molar-refractivity contribution is 0.319. The molecule has 0 bridgehead atoms. The number of aliphatic imine (C=N–C) groups is 1. The predicted octanol–water partition coefficient (Wildman–Crippen LogP) is 5.64. The quantitative estimate of drug-likeness (QED) is 0.623. The van der Waals surface area contributed by atoms with E-state index in [9.17, 15) is 4.39 Å². The highest BCUT2D eigenvalue weighted by Crippen LogP contribution is 2.33. The Bertz CT molecular complexity index is 792. The fraction of sp³-hybridized carbons (Fsp3) is 0.316. The second-order valence-electron chi connectivity index (χ2n) is 6.80. The van der Waals surface area contributed by atoms with Gasteiger partial charge < -0.3 is 0 Å². The van der Waals surface area contributed by atoms with Crippen molar-refractivity contribution >= 4 is 22.1 Å². The number of benzene rings is 2. The lowest BCUT2D eigenvalue weighted by Gasteiger charge is -2.30. The van der Waals surface area contributed by atoms with Crippen LogP contribution in [0, 0.1) is 11.2 Å². The first-order valence-electron chi connectivity index (χ1n) is 7.89. The van der Waals surface area contributed by atoms with Crippen LogP contribution in [0.2, 0.25) is 0 Å². The van der Waals surface area contributed by atoms with Gasteiger partial charge in [-0.3, -0.25) is 4.99 Å². The molecule has 1 aliphatic heterocycles. The number of hydrogen-bond acceptors (Lipinski definition) is 1. The van der Waals surface area contributed by atoms with E-state index in [1.165, 1.54) is 0 Å². The van der Waals surface area contributed by atoms with Gasteiger partial charge in [-0.1, -0.05) is 51.1 Å². The van der Waals surface area contributed by atoms with Crippen molar-refractivity contribution in [3.05, 3.63) is 57.8 Å². The van der Waals surface area contributed by atoms with E-state index in [2.05, 4.69) is 41.7 Å². The summed E-state index contributed by atoms with van der Waals surface area (Å²) in [6, 6.07) is 11.1. The molecule has 0 amide bonds. The van der Waals surface area contributed by atoms with Gasteiger partial charge in [-0.05, 0) is 50.5 Å². The van der Waals surface area contributed by atoms with E-state index in [0.717, 1.165) is 23.1 Å². The molecule has 1 atom stereocenters. The summed E-state index contributed by atoms with van der Waals surface area (Å²) >= 11 is 3.24. The topological polar surface area (TPSA) is 12.4 Å². The summed E-state index contributed by atoms with van der Waals surface area (Å²) in [7, 11) is 0. The molecule has 0 spiro atoms. The minimum absolute atomic E-state index is 0.00101. The first kappa shape index (κ1) is 14.1. The Morgan fingerprint density at radius 3 is 2.77 bits per heavy atom. The van der Waals surface area contributed by atoms with Crippen LogP contribution < -0.4 is 0 Å². The lowest BCUT2D eigenvalue weighted by atomic mass is 9.81. The van der Waals surface area contributed by atoms with Crippen molar-refractivity contribution in [2.24, 2.45) is 10.4 Å². The van der Waals surface area contributed by atoms with E-state index in [0.29, 0.717) is 16.2 Å². The fourth-order valence-electron chi connectivity index (χ4n) is 2.67. The molecule has 0 saturated heterocycles. The number of hydrogen-bond donors (Lipinski definition) is 0. The summed E-state index contributed by atoms with van der Waals surface area (Å²) in [5.41, 5.74) is 3.33. The van der Waals surface area contributed by atoms with Crippen molar-refractivity contribution in [3.63, 3.8) is 0 Å². The van der Waals surface area contributed by atoms with Crippen molar-refractivity contribution < 1.29 is 5.76 Å². The molecular formula is C19H19BrFN. The van der Waals surface area contributed by atoms with Gasteiger partial charge in [-0.2, -0.15) is 0 Å². The van der Waals surface area contributed by atoms with E-state index in [1.807, 2.05) is 24.3 Å². The molecule has 3 heteroatoms. The second kappa shape index (κ2) is 5.62. The van der Waals surface area contributed by atoms with Crippen LogP contribution in [0.15, 0.2) is 45.9 Å². The van der Waals surface area contributed by atoms with Crippen molar-refractivity contribution in [2.45, 2.75) is 33.2 Å². The SMILES string of the molecule is [2H]C1=NC(C(C)(C)C)Cc2cc(-c3cccc(Br)c3F)ccc21. The van der Waals surface area contributed by atoms with Crippen LogP contribution >= 0.6 is 15.9 Å². The van der Waals surface area contributed by atoms with Crippen molar-refractivity contribution in [1.29, 1.82) is 0 Å². The van der Waals surface area contributed by atoms with Gasteiger partial charge in [-0.25, -0.2) is 4.39 Å². The monoisotopic (exact) mass is 360 g/mol. The molecule has 2 aromatic rings. The average Bonchev–Trinajstić information content (AvgIpc) is 2.48. The van der Waals surface area contributed by atoms with E-state index in [4.69, 9.17) is 1.37 Å². The molecule has 0 aliphatic carbocycles. The molecule has 0 fully saturated rings. The molecule has 0 radical (unpaired) electrons. The highest BCUT2D eigenvalue weighted by Gasteiger charge is 2.27. The molecule has 0 aromatic heterocycles. The average molecular weight is 361 g/mol. The smallest absolute Gasteiger partial charge is 0.145 e. The Labute approximate surface area is 140 Å². The first-order valence-corrected chi connectivity index (χ1v) is 8.19. The highest BCUT2D eigenvalue weighted by molar-refractivity contribution is 9.10. The minimum Gasteiger partial charge on any atom is -0.288 e. The molecule has 1 unspecified atom stereocenters. The zero-order chi connectivity index (χ0) is 16.8. The molecule has 0 N–H and O–H groups in total. The van der Waals surface area contributed by atoms with Gasteiger partial charge in [0.1, 0.15) is 5.82 Å². The third-order valence-corrected chi connectivity index (χ3v) is 4.73. The van der Waals surface area contributed by atoms with Crippen molar-refractivity contribution in [3.8, 4) is 11.1 Å². The molecule has 1 heterocycles. The molecule has 0 saturated carbocycles. The Balaban J connectivity index is 2.07. The maximum atomic E-state index is 14.4. The van der Waals surface area contributed by atoms with Gasteiger partial charge in [0.2, 0.25) is 0 Å². The van der Waals surface area contributed by atoms with E-state index < -0.39 is 0 Å². The molecule has 3 rings (SSSR count). The fourth-order valence-corrected chi connectivity index (χ4v) is 3.03. The van der Waals surface area contributed by atoms with Crippen LogP contribution in [0.25, 0.3) is 11.1 Å². The summed E-state index contributed by atoms with van der Waals surface area (Å²) in [5.74, 6) is -0.254. The van der Waals surface area contributed by atoms with Gasteiger partial charge in [-0.15, -0.1) is 0 Å². The maximum Gasteiger partial charge on any atom is 0.145 e. The predicted molar refractivity (Wildman–Crippen MR) is 94.1 cm³/mol. The summed E-state index contributed by atoms with van der Waals surface area (Å²) in [4.78, 5) is 4.53. The van der Waals surface area contributed by atoms with Gasteiger partial charge in [0.05, 0.1) is 11.9 Å². The molecule has 22 heavy (non-hydrogen) atoms. The minimum atomic E-state index is -0.254. The summed E-state index contributed by atoms with van der Waals surface area (Å²) in [6.45, 7) is 6.41. The summed E-state index contributed by atoms with van der Waals surface area (Å²) < 4.78 is 23.0. The Morgan fingerprint density at radius 1 is 1.27 bits per heavy atom. The number of rotatable bonds is 1. The first-order chi connectivity index (χ1) is 10.8. The van der Waals surface area contributed by atoms with Crippen molar-refractivity contribution in [1.82, 2.24) is 0 Å². The number of fused-ring (bicyclic) bond motifs is 1. The Morgan fingerprint density at radius 2 is 2.05 bits per heavy atom. The normalized spacial score (nSPS) is 18.5. The second-order valence-corrected chi connectivity index (χ2v) is 7.65. The van der Waals surface area contributed by atoms with Crippen LogP contribution in [0.3, 0.4) is 0 Å². The van der Waals surface area contributed by atoms with Crippen LogP contribution in [0.1, 0.15) is 33.3 Å². The van der Waals surface area contributed by atoms with Gasteiger partial charge in [0, 0.05) is 11.8 Å². The van der Waals surface area contributed by atoms with Crippen LogP contribution in [0.5, 0.6) is 0 Å². The number of nitrogens with zero attached hydrogens (tertiary/aromatic N) is 1. The van der Waals surface area contributed by atoms with Crippen molar-refractivity contribution in [2.75, 3.05) is 0 Å². The van der Waals surface area contributed by atoms with E-state index >= 15 is 0 Å². The third kappa shape index (κ3) is 2.87. The molecule has 114 valence electrons. The van der Waals surface area contributed by atoms with Crippen LogP contribution in [-0.2, 0) is 6.42 Å². The van der Waals surface area contributed by atoms with Crippen LogP contribution in [-0.4, -0.2) is 12.2 Å². The third-order valence-electron chi connectivity index (χ3n) is 4.12. The zero-order valence-corrected chi connectivity index (χ0v) is 14.5. The number of halogens is 2. The van der Waals surface area contributed by atoms with E-state index in [1.54, 1.807) is 12.1 Å².